The molecule has 0 aliphatic carbocycles. The SMILES string of the molecule is O=C(/C(=N/N=C\c1ccc(Cl)cc1)c1ccccc1)c1ccccc1. The Balaban J connectivity index is 1.94. The van der Waals surface area contributed by atoms with Gasteiger partial charge in [0.2, 0.25) is 5.78 Å². The largest absolute Gasteiger partial charge is 0.287 e. The van der Waals surface area contributed by atoms with E-state index in [0.717, 1.165) is 11.1 Å². The van der Waals surface area contributed by atoms with Crippen LogP contribution in [0.5, 0.6) is 0 Å². The van der Waals surface area contributed by atoms with Crippen molar-refractivity contribution in [2.45, 2.75) is 0 Å². The van der Waals surface area contributed by atoms with Gasteiger partial charge in [-0.25, -0.2) is 0 Å². The predicted octanol–water partition coefficient (Wildman–Crippen LogP) is 5.05. The van der Waals surface area contributed by atoms with Crippen molar-refractivity contribution in [3.63, 3.8) is 0 Å². The zero-order valence-corrected chi connectivity index (χ0v) is 14.1. The molecule has 0 aliphatic rings. The van der Waals surface area contributed by atoms with Gasteiger partial charge in [0.25, 0.3) is 0 Å². The van der Waals surface area contributed by atoms with Crippen molar-refractivity contribution in [2.24, 2.45) is 10.2 Å². The molecule has 0 spiro atoms. The van der Waals surface area contributed by atoms with Gasteiger partial charge in [0, 0.05) is 16.1 Å². The number of rotatable bonds is 5. The van der Waals surface area contributed by atoms with Gasteiger partial charge in [-0.15, -0.1) is 5.10 Å². The Bertz CT molecular complexity index is 902. The lowest BCUT2D eigenvalue weighted by Crippen LogP contribution is -2.15. The Morgan fingerprint density at radius 2 is 1.32 bits per heavy atom. The van der Waals surface area contributed by atoms with Crippen LogP contribution in [0.1, 0.15) is 21.5 Å². The van der Waals surface area contributed by atoms with Gasteiger partial charge in [0.05, 0.1) is 6.21 Å². The van der Waals surface area contributed by atoms with E-state index in [1.165, 1.54) is 0 Å². The van der Waals surface area contributed by atoms with Crippen molar-refractivity contribution in [1.29, 1.82) is 0 Å². The van der Waals surface area contributed by atoms with E-state index >= 15 is 0 Å². The van der Waals surface area contributed by atoms with Gasteiger partial charge in [-0.2, -0.15) is 5.10 Å². The molecule has 0 amide bonds. The molecular formula is C21H15ClN2O. The van der Waals surface area contributed by atoms with Gasteiger partial charge >= 0.3 is 0 Å². The highest BCUT2D eigenvalue weighted by Crippen LogP contribution is 2.10. The predicted molar refractivity (Wildman–Crippen MR) is 103 cm³/mol. The second kappa shape index (κ2) is 8.18. The molecule has 0 heterocycles. The van der Waals surface area contributed by atoms with Crippen LogP contribution in [-0.4, -0.2) is 17.7 Å². The van der Waals surface area contributed by atoms with Crippen LogP contribution in [-0.2, 0) is 0 Å². The normalized spacial score (nSPS) is 11.6. The molecule has 0 fully saturated rings. The lowest BCUT2D eigenvalue weighted by Gasteiger charge is -2.04. The van der Waals surface area contributed by atoms with Crippen LogP contribution < -0.4 is 0 Å². The molecule has 0 radical (unpaired) electrons. The second-order valence-electron chi connectivity index (χ2n) is 5.31. The number of ketones is 1. The molecule has 3 aromatic carbocycles. The third kappa shape index (κ3) is 4.49. The van der Waals surface area contributed by atoms with Crippen LogP contribution in [0.2, 0.25) is 5.02 Å². The Hall–Kier alpha value is -3.04. The quantitative estimate of drug-likeness (QED) is 0.362. The van der Waals surface area contributed by atoms with Gasteiger partial charge in [0.1, 0.15) is 5.71 Å². The molecule has 0 aromatic heterocycles. The fraction of sp³-hybridized carbons (Fsp3) is 0. The van der Waals surface area contributed by atoms with Gasteiger partial charge in [-0.1, -0.05) is 84.4 Å². The number of nitrogens with zero attached hydrogens (tertiary/aromatic N) is 2. The zero-order valence-electron chi connectivity index (χ0n) is 13.3. The molecule has 4 heteroatoms. The minimum absolute atomic E-state index is 0.167. The van der Waals surface area contributed by atoms with Crippen LogP contribution in [0, 0.1) is 0 Å². The van der Waals surface area contributed by atoms with Crippen LogP contribution in [0.3, 0.4) is 0 Å². The first-order chi connectivity index (χ1) is 12.2. The van der Waals surface area contributed by atoms with Gasteiger partial charge in [-0.05, 0) is 17.7 Å². The molecule has 25 heavy (non-hydrogen) atoms. The maximum absolute atomic E-state index is 12.8. The van der Waals surface area contributed by atoms with Crippen molar-refractivity contribution in [3.05, 3.63) is 107 Å². The summed E-state index contributed by atoms with van der Waals surface area (Å²) in [4.78, 5) is 12.8. The maximum Gasteiger partial charge on any atom is 0.213 e. The number of carbonyl (C=O) groups excluding carboxylic acids is 1. The standard InChI is InChI=1S/C21H15ClN2O/c22-19-13-11-16(12-14-19)15-23-24-20(17-7-3-1-4-8-17)21(25)18-9-5-2-6-10-18/h1-15H/b23-15-,24-20+. The van der Waals surface area contributed by atoms with Crippen LogP contribution >= 0.6 is 11.6 Å². The number of carbonyl (C=O) groups is 1. The van der Waals surface area contributed by atoms with Crippen molar-refractivity contribution in [2.75, 3.05) is 0 Å². The highest BCUT2D eigenvalue weighted by Gasteiger charge is 2.15. The fourth-order valence-electron chi connectivity index (χ4n) is 2.26. The topological polar surface area (TPSA) is 41.8 Å². The molecule has 0 N–H and O–H groups in total. The molecule has 0 unspecified atom stereocenters. The minimum atomic E-state index is -0.167. The molecule has 122 valence electrons. The highest BCUT2D eigenvalue weighted by molar-refractivity contribution is 6.51. The Morgan fingerprint density at radius 3 is 1.92 bits per heavy atom. The smallest absolute Gasteiger partial charge is 0.213 e. The highest BCUT2D eigenvalue weighted by atomic mass is 35.5. The lowest BCUT2D eigenvalue weighted by molar-refractivity contribution is 0.106. The van der Waals surface area contributed by atoms with Crippen molar-refractivity contribution in [3.8, 4) is 0 Å². The number of Topliss-reactive ketones (excluding diaryl/α,β-unsaturated/α-hetero) is 1. The third-order valence-electron chi connectivity index (χ3n) is 3.53. The van der Waals surface area contributed by atoms with Gasteiger partial charge in [-0.3, -0.25) is 4.79 Å². The molecular weight excluding hydrogens is 332 g/mol. The maximum atomic E-state index is 12.8. The zero-order chi connectivity index (χ0) is 17.5. The monoisotopic (exact) mass is 346 g/mol. The molecule has 0 atom stereocenters. The van der Waals surface area contributed by atoms with E-state index in [2.05, 4.69) is 10.2 Å². The summed E-state index contributed by atoms with van der Waals surface area (Å²) >= 11 is 5.87. The molecule has 0 bridgehead atoms. The van der Waals surface area contributed by atoms with E-state index in [1.807, 2.05) is 60.7 Å². The van der Waals surface area contributed by atoms with Crippen LogP contribution in [0.4, 0.5) is 0 Å². The fourth-order valence-corrected chi connectivity index (χ4v) is 2.38. The molecule has 3 nitrogen and oxygen atoms in total. The second-order valence-corrected chi connectivity index (χ2v) is 5.74. The van der Waals surface area contributed by atoms with E-state index in [4.69, 9.17) is 11.6 Å². The van der Waals surface area contributed by atoms with Crippen molar-refractivity contribution in [1.82, 2.24) is 0 Å². The molecule has 0 saturated heterocycles. The van der Waals surface area contributed by atoms with E-state index in [9.17, 15) is 4.79 Å². The van der Waals surface area contributed by atoms with E-state index in [1.54, 1.807) is 30.5 Å². The summed E-state index contributed by atoms with van der Waals surface area (Å²) in [6.45, 7) is 0. The third-order valence-corrected chi connectivity index (χ3v) is 3.78. The summed E-state index contributed by atoms with van der Waals surface area (Å²) in [5.41, 5.74) is 2.46. The van der Waals surface area contributed by atoms with Crippen LogP contribution in [0.25, 0.3) is 0 Å². The Labute approximate surface area is 151 Å². The average Bonchev–Trinajstić information content (AvgIpc) is 2.67. The summed E-state index contributed by atoms with van der Waals surface area (Å²) in [7, 11) is 0. The first-order valence-corrected chi connectivity index (χ1v) is 8.13. The van der Waals surface area contributed by atoms with Gasteiger partial charge in [0.15, 0.2) is 0 Å². The summed E-state index contributed by atoms with van der Waals surface area (Å²) in [5, 5.41) is 8.94. The number of halogens is 1. The van der Waals surface area contributed by atoms with Gasteiger partial charge < -0.3 is 0 Å². The molecule has 0 saturated carbocycles. The first kappa shape index (κ1) is 16.8. The summed E-state index contributed by atoms with van der Waals surface area (Å²) in [6, 6.07) is 25.6. The van der Waals surface area contributed by atoms with E-state index in [-0.39, 0.29) is 5.78 Å². The molecule has 3 rings (SSSR count). The number of benzene rings is 3. The van der Waals surface area contributed by atoms with E-state index < -0.39 is 0 Å². The number of hydrogen-bond donors (Lipinski definition) is 0. The van der Waals surface area contributed by atoms with Crippen molar-refractivity contribution < 1.29 is 4.79 Å². The summed E-state index contributed by atoms with van der Waals surface area (Å²) < 4.78 is 0. The summed E-state index contributed by atoms with van der Waals surface area (Å²) in [5.74, 6) is -0.167. The average molecular weight is 347 g/mol. The Morgan fingerprint density at radius 1 is 0.760 bits per heavy atom. The minimum Gasteiger partial charge on any atom is -0.287 e. The van der Waals surface area contributed by atoms with Crippen molar-refractivity contribution >= 4 is 29.3 Å². The van der Waals surface area contributed by atoms with Crippen LogP contribution in [0.15, 0.2) is 95.1 Å². The molecule has 3 aromatic rings. The Kier molecular flexibility index (Phi) is 5.50. The first-order valence-electron chi connectivity index (χ1n) is 7.76. The molecule has 0 aliphatic heterocycles. The number of hydrogen-bond acceptors (Lipinski definition) is 3. The van der Waals surface area contributed by atoms with E-state index in [0.29, 0.717) is 16.3 Å². The lowest BCUT2D eigenvalue weighted by atomic mass is 10.0. The summed E-state index contributed by atoms with van der Waals surface area (Å²) in [6.07, 6.45) is 1.59.